The Labute approximate surface area is 183 Å². The largest absolute Gasteiger partial charge is 0.385 e. The molecule has 0 aromatic heterocycles. The number of carbonyl (C=O) groups excluding carboxylic acids is 1. The molecular weight excluding hydrogens is 398 g/mol. The number of nitrogens with zero attached hydrogens (tertiary/aromatic N) is 2. The lowest BCUT2D eigenvalue weighted by atomic mass is 9.93. The van der Waals surface area contributed by atoms with E-state index in [1.54, 1.807) is 17.9 Å². The topological polar surface area (TPSA) is 59.4 Å². The number of alkyl halides is 2. The van der Waals surface area contributed by atoms with Crippen LogP contribution in [0.2, 0.25) is 0 Å². The van der Waals surface area contributed by atoms with E-state index in [2.05, 4.69) is 5.32 Å². The summed E-state index contributed by atoms with van der Waals surface area (Å²) in [6.07, 6.45) is 5.83. The Morgan fingerprint density at radius 3 is 2.61 bits per heavy atom. The Bertz CT molecular complexity index is 876. The molecule has 168 valence electrons. The summed E-state index contributed by atoms with van der Waals surface area (Å²) in [6, 6.07) is 5.21. The lowest BCUT2D eigenvalue weighted by molar-refractivity contribution is -0.128. The number of carbonyl (C=O) groups is 1. The SMILES string of the molecule is CC(=O)N1CCC(NC2CCCCC2)=C(C(=N)N2CCCc3ccc(C(F)F)cc32)C1. The van der Waals surface area contributed by atoms with E-state index in [9.17, 15) is 13.6 Å². The van der Waals surface area contributed by atoms with Crippen LogP contribution >= 0.6 is 0 Å². The molecule has 2 N–H and O–H groups in total. The molecule has 7 heteroatoms. The molecule has 1 saturated carbocycles. The number of hydrogen-bond donors (Lipinski definition) is 2. The summed E-state index contributed by atoms with van der Waals surface area (Å²) in [5, 5.41) is 12.8. The molecule has 5 nitrogen and oxygen atoms in total. The first-order chi connectivity index (χ1) is 14.9. The molecule has 2 aliphatic heterocycles. The van der Waals surface area contributed by atoms with Crippen molar-refractivity contribution in [2.45, 2.75) is 70.8 Å². The third kappa shape index (κ3) is 4.75. The number of halogens is 2. The van der Waals surface area contributed by atoms with Gasteiger partial charge in [-0.05, 0) is 37.3 Å². The summed E-state index contributed by atoms with van der Waals surface area (Å²) < 4.78 is 26.7. The Balaban J connectivity index is 1.66. The smallest absolute Gasteiger partial charge is 0.263 e. The van der Waals surface area contributed by atoms with Gasteiger partial charge in [0.2, 0.25) is 5.91 Å². The molecule has 1 aromatic rings. The fraction of sp³-hybridized carbons (Fsp3) is 0.583. The van der Waals surface area contributed by atoms with E-state index in [0.717, 1.165) is 42.5 Å². The minimum Gasteiger partial charge on any atom is -0.385 e. The molecule has 1 amide bonds. The van der Waals surface area contributed by atoms with Crippen LogP contribution in [0.1, 0.15) is 69.4 Å². The highest BCUT2D eigenvalue weighted by Crippen LogP contribution is 2.34. The second-order valence-electron chi connectivity index (χ2n) is 8.92. The maximum Gasteiger partial charge on any atom is 0.263 e. The number of fused-ring (bicyclic) bond motifs is 1. The van der Waals surface area contributed by atoms with Gasteiger partial charge in [0.1, 0.15) is 5.84 Å². The molecule has 0 unspecified atom stereocenters. The molecule has 31 heavy (non-hydrogen) atoms. The van der Waals surface area contributed by atoms with Gasteiger partial charge in [-0.1, -0.05) is 31.4 Å². The fourth-order valence-electron chi connectivity index (χ4n) is 5.02. The normalized spacial score (nSPS) is 20.1. The summed E-state index contributed by atoms with van der Waals surface area (Å²) in [7, 11) is 0. The Kier molecular flexibility index (Phi) is 6.58. The van der Waals surface area contributed by atoms with Gasteiger partial charge in [-0.25, -0.2) is 8.78 Å². The van der Waals surface area contributed by atoms with Gasteiger partial charge >= 0.3 is 0 Å². The monoisotopic (exact) mass is 430 g/mol. The highest BCUT2D eigenvalue weighted by Gasteiger charge is 2.30. The Hall–Kier alpha value is -2.44. The van der Waals surface area contributed by atoms with Gasteiger partial charge in [-0.3, -0.25) is 10.2 Å². The molecule has 1 fully saturated rings. The van der Waals surface area contributed by atoms with E-state index < -0.39 is 6.43 Å². The van der Waals surface area contributed by atoms with Crippen LogP contribution < -0.4 is 10.2 Å². The molecule has 2 heterocycles. The van der Waals surface area contributed by atoms with Crippen LogP contribution in [0, 0.1) is 5.41 Å². The van der Waals surface area contributed by atoms with Gasteiger partial charge < -0.3 is 15.1 Å². The zero-order valence-electron chi connectivity index (χ0n) is 18.2. The minimum atomic E-state index is -2.53. The standard InChI is InChI=1S/C24H32F2N4O/c1-16(31)29-13-11-21(28-19-7-3-2-4-8-19)20(15-29)24(27)30-12-5-6-17-9-10-18(23(25)26)14-22(17)30/h9-10,14,19,23,27-28H,2-8,11-13,15H2,1H3. The number of aryl methyl sites for hydroxylation is 1. The quantitative estimate of drug-likeness (QED) is 0.534. The number of amides is 1. The van der Waals surface area contributed by atoms with Gasteiger partial charge in [-0.15, -0.1) is 0 Å². The average Bonchev–Trinajstić information content (AvgIpc) is 2.78. The van der Waals surface area contributed by atoms with Crippen LogP contribution in [-0.2, 0) is 11.2 Å². The van der Waals surface area contributed by atoms with E-state index >= 15 is 0 Å². The first-order valence-electron chi connectivity index (χ1n) is 11.5. The van der Waals surface area contributed by atoms with E-state index in [0.29, 0.717) is 43.6 Å². The van der Waals surface area contributed by atoms with Crippen molar-refractivity contribution < 1.29 is 13.6 Å². The highest BCUT2D eigenvalue weighted by molar-refractivity contribution is 6.09. The third-order valence-electron chi connectivity index (χ3n) is 6.81. The number of amidine groups is 1. The third-order valence-corrected chi connectivity index (χ3v) is 6.81. The average molecular weight is 431 g/mol. The number of nitrogens with one attached hydrogen (secondary N) is 2. The van der Waals surface area contributed by atoms with E-state index in [1.165, 1.54) is 31.4 Å². The van der Waals surface area contributed by atoms with Crippen LogP contribution in [0.15, 0.2) is 29.5 Å². The van der Waals surface area contributed by atoms with Crippen LogP contribution in [-0.4, -0.2) is 42.3 Å². The molecule has 0 spiro atoms. The summed E-state index contributed by atoms with van der Waals surface area (Å²) in [5.74, 6) is 0.331. The molecule has 4 rings (SSSR count). The van der Waals surface area contributed by atoms with Crippen molar-refractivity contribution in [1.29, 1.82) is 5.41 Å². The van der Waals surface area contributed by atoms with Gasteiger partial charge in [-0.2, -0.15) is 0 Å². The van der Waals surface area contributed by atoms with Crippen molar-refractivity contribution in [3.63, 3.8) is 0 Å². The lowest BCUT2D eigenvalue weighted by Gasteiger charge is -2.38. The van der Waals surface area contributed by atoms with Gasteiger partial charge in [0.25, 0.3) is 6.43 Å². The lowest BCUT2D eigenvalue weighted by Crippen LogP contribution is -2.46. The van der Waals surface area contributed by atoms with Crippen LogP contribution in [0.4, 0.5) is 14.5 Å². The molecule has 0 atom stereocenters. The molecule has 1 aromatic carbocycles. The van der Waals surface area contributed by atoms with Crippen molar-refractivity contribution in [3.8, 4) is 0 Å². The minimum absolute atomic E-state index is 0.000970. The van der Waals surface area contributed by atoms with Gasteiger partial charge in [0.15, 0.2) is 0 Å². The maximum absolute atomic E-state index is 13.3. The summed E-state index contributed by atoms with van der Waals surface area (Å²) in [6.45, 7) is 3.22. The molecule has 0 bridgehead atoms. The van der Waals surface area contributed by atoms with Crippen molar-refractivity contribution in [3.05, 3.63) is 40.6 Å². The van der Waals surface area contributed by atoms with Crippen molar-refractivity contribution in [2.75, 3.05) is 24.5 Å². The number of rotatable bonds is 4. The van der Waals surface area contributed by atoms with Crippen LogP contribution in [0.3, 0.4) is 0 Å². The van der Waals surface area contributed by atoms with E-state index in [1.807, 2.05) is 4.90 Å². The maximum atomic E-state index is 13.3. The number of hydrogen-bond acceptors (Lipinski definition) is 3. The highest BCUT2D eigenvalue weighted by atomic mass is 19.3. The first-order valence-corrected chi connectivity index (χ1v) is 11.5. The van der Waals surface area contributed by atoms with Crippen molar-refractivity contribution in [2.24, 2.45) is 0 Å². The molecule has 0 saturated heterocycles. The first kappa shape index (κ1) is 21.8. The molecule has 3 aliphatic rings. The van der Waals surface area contributed by atoms with E-state index in [-0.39, 0.29) is 11.5 Å². The number of benzene rings is 1. The second-order valence-corrected chi connectivity index (χ2v) is 8.92. The molecular formula is C24H32F2N4O. The predicted molar refractivity (Wildman–Crippen MR) is 119 cm³/mol. The second kappa shape index (κ2) is 9.37. The summed E-state index contributed by atoms with van der Waals surface area (Å²) in [5.41, 5.74) is 3.57. The molecule has 1 aliphatic carbocycles. The zero-order chi connectivity index (χ0) is 22.0. The van der Waals surface area contributed by atoms with Crippen molar-refractivity contribution >= 4 is 17.4 Å². The summed E-state index contributed by atoms with van der Waals surface area (Å²) in [4.78, 5) is 15.7. The Morgan fingerprint density at radius 1 is 1.13 bits per heavy atom. The van der Waals surface area contributed by atoms with Crippen molar-refractivity contribution in [1.82, 2.24) is 10.2 Å². The van der Waals surface area contributed by atoms with Gasteiger partial charge in [0, 0.05) is 55.0 Å². The van der Waals surface area contributed by atoms with Crippen LogP contribution in [0.5, 0.6) is 0 Å². The summed E-state index contributed by atoms with van der Waals surface area (Å²) >= 11 is 0. The fourth-order valence-corrected chi connectivity index (χ4v) is 5.02. The predicted octanol–water partition coefficient (Wildman–Crippen LogP) is 4.78. The molecule has 0 radical (unpaired) electrons. The Morgan fingerprint density at radius 2 is 1.90 bits per heavy atom. The number of anilines is 1. The zero-order valence-corrected chi connectivity index (χ0v) is 18.2. The van der Waals surface area contributed by atoms with E-state index in [4.69, 9.17) is 5.41 Å². The van der Waals surface area contributed by atoms with Crippen LogP contribution in [0.25, 0.3) is 0 Å². The van der Waals surface area contributed by atoms with Gasteiger partial charge in [0.05, 0.1) is 6.54 Å².